The highest BCUT2D eigenvalue weighted by molar-refractivity contribution is 7.89. The molecule has 8 heteroatoms. The van der Waals surface area contributed by atoms with Gasteiger partial charge in [-0.2, -0.15) is 4.31 Å². The van der Waals surface area contributed by atoms with Gasteiger partial charge in [-0.25, -0.2) is 13.2 Å². The zero-order valence-corrected chi connectivity index (χ0v) is 17.7. The number of ether oxygens (including phenoxy) is 1. The van der Waals surface area contributed by atoms with E-state index in [0.717, 1.165) is 0 Å². The molecule has 0 aliphatic carbocycles. The highest BCUT2D eigenvalue weighted by atomic mass is 32.2. The molecule has 1 rings (SSSR count). The quantitative estimate of drug-likeness (QED) is 0.645. The van der Waals surface area contributed by atoms with Crippen molar-refractivity contribution < 1.29 is 22.7 Å². The van der Waals surface area contributed by atoms with Crippen LogP contribution in [0, 0.1) is 12.8 Å². The van der Waals surface area contributed by atoms with E-state index in [0.29, 0.717) is 18.7 Å². The summed E-state index contributed by atoms with van der Waals surface area (Å²) in [6.45, 7) is 11.3. The molecule has 0 saturated carbocycles. The average molecular weight is 399 g/mol. The molecule has 7 nitrogen and oxygen atoms in total. The fourth-order valence-corrected chi connectivity index (χ4v) is 3.85. The van der Waals surface area contributed by atoms with E-state index in [4.69, 9.17) is 4.74 Å². The van der Waals surface area contributed by atoms with Crippen molar-refractivity contribution in [3.63, 3.8) is 0 Å². The van der Waals surface area contributed by atoms with Gasteiger partial charge in [0.05, 0.1) is 10.5 Å². The van der Waals surface area contributed by atoms with Crippen molar-refractivity contribution in [1.29, 1.82) is 0 Å². The molecule has 0 aliphatic heterocycles. The molecule has 0 spiro atoms. The molecule has 0 radical (unpaired) electrons. The number of nitrogens with one attached hydrogen (secondary N) is 1. The molecule has 152 valence electrons. The van der Waals surface area contributed by atoms with E-state index >= 15 is 0 Å². The lowest BCUT2D eigenvalue weighted by molar-refractivity contribution is -0.125. The van der Waals surface area contributed by atoms with Gasteiger partial charge in [-0.3, -0.25) is 4.79 Å². The smallest absolute Gasteiger partial charge is 0.338 e. The number of carbonyl (C=O) groups is 2. The van der Waals surface area contributed by atoms with Crippen LogP contribution in [0.25, 0.3) is 0 Å². The molecule has 1 unspecified atom stereocenters. The highest BCUT2D eigenvalue weighted by Gasteiger charge is 2.24. The van der Waals surface area contributed by atoms with Gasteiger partial charge >= 0.3 is 5.97 Å². The minimum atomic E-state index is -3.68. The van der Waals surface area contributed by atoms with Gasteiger partial charge in [0.15, 0.2) is 6.61 Å². The van der Waals surface area contributed by atoms with Crippen LogP contribution in [-0.2, 0) is 19.6 Å². The Morgan fingerprint density at radius 3 is 2.26 bits per heavy atom. The molecule has 0 saturated heterocycles. The maximum absolute atomic E-state index is 12.6. The number of esters is 1. The number of hydrogen-bond donors (Lipinski definition) is 1. The van der Waals surface area contributed by atoms with Crippen LogP contribution >= 0.6 is 0 Å². The fourth-order valence-electron chi connectivity index (χ4n) is 2.37. The molecule has 27 heavy (non-hydrogen) atoms. The summed E-state index contributed by atoms with van der Waals surface area (Å²) in [5.74, 6) is -0.862. The van der Waals surface area contributed by atoms with Gasteiger partial charge in [-0.1, -0.05) is 33.8 Å². The minimum Gasteiger partial charge on any atom is -0.452 e. The van der Waals surface area contributed by atoms with E-state index in [-0.39, 0.29) is 22.4 Å². The zero-order valence-electron chi connectivity index (χ0n) is 16.9. The Bertz CT molecular complexity index is 770. The SMILES string of the molecule is CCN(CC)S(=O)(=O)c1ccc(C)c(C(=O)OCC(=O)NC(C)C(C)C)c1. The summed E-state index contributed by atoms with van der Waals surface area (Å²) in [5, 5.41) is 2.75. The lowest BCUT2D eigenvalue weighted by atomic mass is 10.1. The number of hydrogen-bond acceptors (Lipinski definition) is 5. The Kier molecular flexibility index (Phi) is 8.43. The molecule has 1 N–H and O–H groups in total. The minimum absolute atomic E-state index is 0.0293. The number of amides is 1. The van der Waals surface area contributed by atoms with Crippen molar-refractivity contribution in [3.05, 3.63) is 29.3 Å². The average Bonchev–Trinajstić information content (AvgIpc) is 2.60. The molecule has 0 heterocycles. The Balaban J connectivity index is 2.94. The van der Waals surface area contributed by atoms with Crippen LogP contribution in [0.2, 0.25) is 0 Å². The van der Waals surface area contributed by atoms with Crippen LogP contribution in [0.1, 0.15) is 50.5 Å². The predicted molar refractivity (Wildman–Crippen MR) is 104 cm³/mol. The Morgan fingerprint density at radius 2 is 1.74 bits per heavy atom. The largest absolute Gasteiger partial charge is 0.452 e. The van der Waals surface area contributed by atoms with E-state index in [1.807, 2.05) is 20.8 Å². The van der Waals surface area contributed by atoms with E-state index in [9.17, 15) is 18.0 Å². The second-order valence-electron chi connectivity index (χ2n) is 6.74. The summed E-state index contributed by atoms with van der Waals surface area (Å²) < 4.78 is 31.7. The van der Waals surface area contributed by atoms with Gasteiger partial charge in [-0.05, 0) is 37.5 Å². The fraction of sp³-hybridized carbons (Fsp3) is 0.579. The molecule has 1 atom stereocenters. The number of carbonyl (C=O) groups excluding carboxylic acids is 2. The summed E-state index contributed by atoms with van der Waals surface area (Å²) >= 11 is 0. The third kappa shape index (κ3) is 6.04. The third-order valence-corrected chi connectivity index (χ3v) is 6.54. The van der Waals surface area contributed by atoms with Crippen molar-refractivity contribution in [2.24, 2.45) is 5.92 Å². The van der Waals surface area contributed by atoms with Gasteiger partial charge in [0.1, 0.15) is 0 Å². The van der Waals surface area contributed by atoms with Gasteiger partial charge < -0.3 is 10.1 Å². The van der Waals surface area contributed by atoms with Crippen LogP contribution in [0.5, 0.6) is 0 Å². The first-order valence-electron chi connectivity index (χ1n) is 9.11. The normalized spacial score (nSPS) is 12.9. The van der Waals surface area contributed by atoms with Gasteiger partial charge in [0.25, 0.3) is 5.91 Å². The first kappa shape index (κ1) is 23.1. The number of sulfonamides is 1. The maximum atomic E-state index is 12.6. The molecule has 0 fully saturated rings. The second-order valence-corrected chi connectivity index (χ2v) is 8.68. The standard InChI is InChI=1S/C19H30N2O5S/c1-7-21(8-2)27(24,25)16-10-9-14(5)17(11-16)19(23)26-12-18(22)20-15(6)13(3)4/h9-11,13,15H,7-8,12H2,1-6H3,(H,20,22). The molecule has 1 amide bonds. The third-order valence-electron chi connectivity index (χ3n) is 4.50. The summed E-state index contributed by atoms with van der Waals surface area (Å²) in [7, 11) is -3.68. The number of nitrogens with zero attached hydrogens (tertiary/aromatic N) is 1. The Labute approximate surface area is 162 Å². The lowest BCUT2D eigenvalue weighted by Gasteiger charge is -2.19. The maximum Gasteiger partial charge on any atom is 0.338 e. The van der Waals surface area contributed by atoms with Gasteiger partial charge in [0.2, 0.25) is 10.0 Å². The number of rotatable bonds is 9. The van der Waals surface area contributed by atoms with Crippen LogP contribution in [0.3, 0.4) is 0 Å². The van der Waals surface area contributed by atoms with Crippen molar-refractivity contribution in [2.75, 3.05) is 19.7 Å². The van der Waals surface area contributed by atoms with Crippen LogP contribution < -0.4 is 5.32 Å². The van der Waals surface area contributed by atoms with Crippen LogP contribution in [0.15, 0.2) is 23.1 Å². The molecule has 0 bridgehead atoms. The van der Waals surface area contributed by atoms with Crippen molar-refractivity contribution >= 4 is 21.9 Å². The topological polar surface area (TPSA) is 92.8 Å². The van der Waals surface area contributed by atoms with Gasteiger partial charge in [0, 0.05) is 19.1 Å². The molecule has 0 aliphatic rings. The molecule has 0 aromatic heterocycles. The van der Waals surface area contributed by atoms with Crippen molar-refractivity contribution in [2.45, 2.75) is 52.5 Å². The molecule has 1 aromatic carbocycles. The van der Waals surface area contributed by atoms with Crippen molar-refractivity contribution in [1.82, 2.24) is 9.62 Å². The molecular formula is C19H30N2O5S. The summed E-state index contributed by atoms with van der Waals surface area (Å²) in [5.41, 5.74) is 0.711. The first-order valence-corrected chi connectivity index (χ1v) is 10.6. The van der Waals surface area contributed by atoms with E-state index in [2.05, 4.69) is 5.32 Å². The number of aryl methyl sites for hydroxylation is 1. The van der Waals surface area contributed by atoms with E-state index in [1.54, 1.807) is 26.8 Å². The van der Waals surface area contributed by atoms with Gasteiger partial charge in [-0.15, -0.1) is 0 Å². The van der Waals surface area contributed by atoms with Crippen molar-refractivity contribution in [3.8, 4) is 0 Å². The molecule has 1 aromatic rings. The molecular weight excluding hydrogens is 368 g/mol. The van der Waals surface area contributed by atoms with Crippen LogP contribution in [0.4, 0.5) is 0 Å². The van der Waals surface area contributed by atoms with Crippen LogP contribution in [-0.4, -0.2) is 50.3 Å². The second kappa shape index (κ2) is 9.85. The Hall–Kier alpha value is -1.93. The number of benzene rings is 1. The highest BCUT2D eigenvalue weighted by Crippen LogP contribution is 2.20. The van der Waals surface area contributed by atoms with E-state index in [1.165, 1.54) is 16.4 Å². The zero-order chi connectivity index (χ0) is 20.8. The van der Waals surface area contributed by atoms with E-state index < -0.39 is 28.5 Å². The summed E-state index contributed by atoms with van der Waals surface area (Å²) in [4.78, 5) is 24.3. The first-order chi connectivity index (χ1) is 12.5. The Morgan fingerprint density at radius 1 is 1.15 bits per heavy atom. The monoisotopic (exact) mass is 398 g/mol. The lowest BCUT2D eigenvalue weighted by Crippen LogP contribution is -2.38. The predicted octanol–water partition coefficient (Wildman–Crippen LogP) is 2.34. The summed E-state index contributed by atoms with van der Waals surface area (Å²) in [6, 6.07) is 4.30. The summed E-state index contributed by atoms with van der Waals surface area (Å²) in [6.07, 6.45) is 0.